The van der Waals surface area contributed by atoms with Crippen LogP contribution < -0.4 is 17.2 Å². The van der Waals surface area contributed by atoms with E-state index in [0.717, 1.165) is 0 Å². The molecule has 0 radical (unpaired) electrons. The van der Waals surface area contributed by atoms with Crippen LogP contribution in [-0.4, -0.2) is 44.1 Å². The molecule has 0 aliphatic carbocycles. The van der Waals surface area contributed by atoms with Crippen LogP contribution in [0.4, 0.5) is 5.82 Å². The topological polar surface area (TPSA) is 137 Å². The molecule has 1 unspecified atom stereocenters. The first-order valence-corrected chi connectivity index (χ1v) is 6.38. The first kappa shape index (κ1) is 15.5. The Morgan fingerprint density at radius 3 is 2.81 bits per heavy atom. The molecule has 1 aliphatic rings. The quantitative estimate of drug-likeness (QED) is 0.468. The van der Waals surface area contributed by atoms with E-state index in [0.29, 0.717) is 5.69 Å². The number of aliphatic hydroxyl groups is 2. The van der Waals surface area contributed by atoms with Gasteiger partial charge in [0.05, 0.1) is 6.61 Å². The molecule has 0 spiro atoms. The van der Waals surface area contributed by atoms with E-state index in [2.05, 4.69) is 16.8 Å². The maximum Gasteiger partial charge on any atom is 0.351 e. The largest absolute Gasteiger partial charge is 0.394 e. The number of rotatable bonds is 2. The molecule has 1 aromatic heterocycles. The van der Waals surface area contributed by atoms with E-state index >= 15 is 0 Å². The third kappa shape index (κ3) is 2.41. The summed E-state index contributed by atoms with van der Waals surface area (Å²) in [5, 5.41) is 19.5. The Labute approximate surface area is 121 Å². The molecule has 2 rings (SSSR count). The molecule has 1 aromatic rings. The van der Waals surface area contributed by atoms with Gasteiger partial charge in [0, 0.05) is 5.69 Å². The Hall–Kier alpha value is -1.92. The van der Waals surface area contributed by atoms with E-state index in [4.69, 9.17) is 16.2 Å². The number of anilines is 1. The van der Waals surface area contributed by atoms with Crippen molar-refractivity contribution in [2.24, 2.45) is 5.73 Å². The van der Waals surface area contributed by atoms with Crippen molar-refractivity contribution in [1.29, 1.82) is 0 Å². The first-order chi connectivity index (χ1) is 9.85. The molecule has 21 heavy (non-hydrogen) atoms. The van der Waals surface area contributed by atoms with Crippen molar-refractivity contribution in [2.75, 3.05) is 12.3 Å². The molecular formula is C13H18N4O4. The molecule has 8 heteroatoms. The molecule has 0 saturated carbocycles. The van der Waals surface area contributed by atoms with Gasteiger partial charge in [-0.3, -0.25) is 4.57 Å². The highest BCUT2D eigenvalue weighted by Gasteiger charge is 2.54. The minimum Gasteiger partial charge on any atom is -0.394 e. The summed E-state index contributed by atoms with van der Waals surface area (Å²) in [6, 6.07) is 1.49. The first-order valence-electron chi connectivity index (χ1n) is 6.38. The van der Waals surface area contributed by atoms with Crippen molar-refractivity contribution in [3.05, 3.63) is 22.2 Å². The van der Waals surface area contributed by atoms with Crippen molar-refractivity contribution >= 4 is 5.82 Å². The summed E-state index contributed by atoms with van der Waals surface area (Å²) in [7, 11) is 0. The summed E-state index contributed by atoms with van der Waals surface area (Å²) in [4.78, 5) is 15.7. The second-order valence-corrected chi connectivity index (χ2v) is 4.94. The zero-order chi connectivity index (χ0) is 15.8. The summed E-state index contributed by atoms with van der Waals surface area (Å²) in [5.74, 6) is 5.37. The predicted octanol–water partition coefficient (Wildman–Crippen LogP) is -1.89. The van der Waals surface area contributed by atoms with Gasteiger partial charge in [0.25, 0.3) is 0 Å². The standard InChI is InChI=1S/C13H18N4O4/c1-3-4-13(15)10(19)8(6-18)21-11(13)17-7(2)5-9(14)16-12(17)20/h5,8,10-11,18-19H,6,15H2,1-2H3,(H2,14,16,20)/t8-,10+,11-,13?/m1/s1. The number of nitrogens with two attached hydrogens (primary N) is 2. The van der Waals surface area contributed by atoms with Crippen molar-refractivity contribution in [3.8, 4) is 11.8 Å². The smallest absolute Gasteiger partial charge is 0.351 e. The van der Waals surface area contributed by atoms with Gasteiger partial charge in [-0.25, -0.2) is 4.79 Å². The molecule has 114 valence electrons. The average Bonchev–Trinajstić information content (AvgIpc) is 2.63. The van der Waals surface area contributed by atoms with E-state index in [9.17, 15) is 15.0 Å². The fourth-order valence-corrected chi connectivity index (χ4v) is 2.49. The van der Waals surface area contributed by atoms with Crippen LogP contribution in [0.1, 0.15) is 18.8 Å². The second kappa shape index (κ2) is 5.46. The molecule has 1 saturated heterocycles. The number of nitrogens with zero attached hydrogens (tertiary/aromatic N) is 2. The third-order valence-corrected chi connectivity index (χ3v) is 3.48. The lowest BCUT2D eigenvalue weighted by atomic mass is 9.91. The van der Waals surface area contributed by atoms with E-state index in [1.165, 1.54) is 10.6 Å². The molecule has 2 heterocycles. The highest BCUT2D eigenvalue weighted by atomic mass is 16.5. The fourth-order valence-electron chi connectivity index (χ4n) is 2.49. The zero-order valence-corrected chi connectivity index (χ0v) is 11.8. The highest BCUT2D eigenvalue weighted by Crippen LogP contribution is 2.36. The Morgan fingerprint density at radius 1 is 1.62 bits per heavy atom. The van der Waals surface area contributed by atoms with Crippen molar-refractivity contribution in [3.63, 3.8) is 0 Å². The van der Waals surface area contributed by atoms with Crippen LogP contribution in [0.15, 0.2) is 10.9 Å². The van der Waals surface area contributed by atoms with E-state index in [1.807, 2.05) is 0 Å². The van der Waals surface area contributed by atoms with E-state index in [1.54, 1.807) is 13.8 Å². The van der Waals surface area contributed by atoms with Crippen LogP contribution in [0.2, 0.25) is 0 Å². The number of aliphatic hydroxyl groups excluding tert-OH is 2. The Bertz CT molecular complexity index is 662. The second-order valence-electron chi connectivity index (χ2n) is 4.94. The lowest BCUT2D eigenvalue weighted by Gasteiger charge is -2.28. The molecule has 1 aliphatic heterocycles. The fraction of sp³-hybridized carbons (Fsp3) is 0.538. The van der Waals surface area contributed by atoms with Crippen molar-refractivity contribution in [2.45, 2.75) is 37.8 Å². The lowest BCUT2D eigenvalue weighted by Crippen LogP contribution is -2.55. The molecule has 0 aromatic carbocycles. The zero-order valence-electron chi connectivity index (χ0n) is 11.8. The summed E-state index contributed by atoms with van der Waals surface area (Å²) in [6.45, 7) is 2.75. The van der Waals surface area contributed by atoms with Gasteiger partial charge >= 0.3 is 5.69 Å². The highest BCUT2D eigenvalue weighted by molar-refractivity contribution is 5.30. The van der Waals surface area contributed by atoms with Gasteiger partial charge in [-0.05, 0) is 19.9 Å². The molecule has 6 N–H and O–H groups in total. The molecule has 0 bridgehead atoms. The van der Waals surface area contributed by atoms with Crippen LogP contribution in [-0.2, 0) is 4.74 Å². The normalized spacial score (nSPS) is 31.8. The van der Waals surface area contributed by atoms with Gasteiger partial charge in [-0.2, -0.15) is 4.98 Å². The maximum absolute atomic E-state index is 12.1. The molecule has 1 fully saturated rings. The number of aromatic nitrogens is 2. The Kier molecular flexibility index (Phi) is 4.02. The SMILES string of the molecule is CC#CC1(N)[C@@H](O)[C@@H](CO)O[C@H]1n1c(C)cc(N)nc1=O. The summed E-state index contributed by atoms with van der Waals surface area (Å²) < 4.78 is 6.71. The number of hydrogen-bond donors (Lipinski definition) is 4. The van der Waals surface area contributed by atoms with Gasteiger partial charge in [0.15, 0.2) is 11.8 Å². The molecule has 8 nitrogen and oxygen atoms in total. The van der Waals surface area contributed by atoms with Crippen LogP contribution >= 0.6 is 0 Å². The number of hydrogen-bond acceptors (Lipinski definition) is 7. The minimum absolute atomic E-state index is 0.0789. The van der Waals surface area contributed by atoms with Gasteiger partial charge in [0.2, 0.25) is 0 Å². The number of ether oxygens (including phenoxy) is 1. The molecule has 4 atom stereocenters. The van der Waals surface area contributed by atoms with Crippen molar-refractivity contribution < 1.29 is 14.9 Å². The molecular weight excluding hydrogens is 276 g/mol. The predicted molar refractivity (Wildman–Crippen MR) is 75.0 cm³/mol. The monoisotopic (exact) mass is 294 g/mol. The van der Waals surface area contributed by atoms with Crippen LogP contribution in [0.5, 0.6) is 0 Å². The average molecular weight is 294 g/mol. The summed E-state index contributed by atoms with van der Waals surface area (Å²) in [6.07, 6.45) is -3.26. The third-order valence-electron chi connectivity index (χ3n) is 3.48. The maximum atomic E-state index is 12.1. The summed E-state index contributed by atoms with van der Waals surface area (Å²) >= 11 is 0. The van der Waals surface area contributed by atoms with Gasteiger partial charge in [0.1, 0.15) is 18.0 Å². The van der Waals surface area contributed by atoms with Crippen LogP contribution in [0.3, 0.4) is 0 Å². The number of nitrogen functional groups attached to an aromatic ring is 1. The Balaban J connectivity index is 2.61. The Morgan fingerprint density at radius 2 is 2.29 bits per heavy atom. The van der Waals surface area contributed by atoms with E-state index in [-0.39, 0.29) is 5.82 Å². The minimum atomic E-state index is -1.53. The van der Waals surface area contributed by atoms with Crippen LogP contribution in [0.25, 0.3) is 0 Å². The van der Waals surface area contributed by atoms with Crippen LogP contribution in [0, 0.1) is 18.8 Å². The number of aryl methyl sites for hydroxylation is 1. The van der Waals surface area contributed by atoms with Gasteiger partial charge in [-0.15, -0.1) is 5.92 Å². The van der Waals surface area contributed by atoms with Gasteiger partial charge in [-0.1, -0.05) is 5.92 Å². The summed E-state index contributed by atoms with van der Waals surface area (Å²) in [5.41, 5.74) is 9.95. The van der Waals surface area contributed by atoms with E-state index < -0.39 is 36.3 Å². The van der Waals surface area contributed by atoms with Gasteiger partial charge < -0.3 is 26.4 Å². The lowest BCUT2D eigenvalue weighted by molar-refractivity contribution is -0.0483. The van der Waals surface area contributed by atoms with Crippen molar-refractivity contribution in [1.82, 2.24) is 9.55 Å². The molecule has 0 amide bonds.